The van der Waals surface area contributed by atoms with Gasteiger partial charge < -0.3 is 15.2 Å². The number of benzene rings is 2. The van der Waals surface area contributed by atoms with E-state index in [0.717, 1.165) is 23.5 Å². The lowest BCUT2D eigenvalue weighted by atomic mass is 9.98. The smallest absolute Gasteiger partial charge is 0.123 e. The van der Waals surface area contributed by atoms with Crippen molar-refractivity contribution >= 4 is 11.6 Å². The van der Waals surface area contributed by atoms with Crippen LogP contribution in [0.15, 0.2) is 42.5 Å². The van der Waals surface area contributed by atoms with Crippen molar-refractivity contribution in [3.8, 4) is 11.5 Å². The van der Waals surface area contributed by atoms with Crippen LogP contribution < -0.4 is 15.2 Å². The fraction of sp³-hybridized carbons (Fsp3) is 0.250. The third-order valence-corrected chi connectivity index (χ3v) is 3.86. The number of fused-ring (bicyclic) bond motifs is 1. The standard InChI is InChI=1S/C16H16ClNO2/c1-19-14-7-6-11(17)9-12(14)16(18)15-8-10-4-2-3-5-13(10)20-15/h2-7,9,15-16H,8,18H2,1H3. The van der Waals surface area contributed by atoms with E-state index in [4.69, 9.17) is 26.8 Å². The van der Waals surface area contributed by atoms with Crippen LogP contribution in [-0.2, 0) is 6.42 Å². The molecule has 2 atom stereocenters. The molecule has 2 unspecified atom stereocenters. The number of rotatable bonds is 3. The van der Waals surface area contributed by atoms with Crippen molar-refractivity contribution in [1.29, 1.82) is 0 Å². The van der Waals surface area contributed by atoms with Crippen LogP contribution in [-0.4, -0.2) is 13.2 Å². The molecule has 0 radical (unpaired) electrons. The maximum atomic E-state index is 6.36. The second kappa shape index (κ2) is 5.35. The zero-order chi connectivity index (χ0) is 14.1. The Hall–Kier alpha value is -1.71. The van der Waals surface area contributed by atoms with Gasteiger partial charge in [0.25, 0.3) is 0 Å². The van der Waals surface area contributed by atoms with Crippen molar-refractivity contribution in [2.24, 2.45) is 5.73 Å². The molecular formula is C16H16ClNO2. The number of hydrogen-bond donors (Lipinski definition) is 1. The van der Waals surface area contributed by atoms with Crippen LogP contribution in [0.2, 0.25) is 5.02 Å². The van der Waals surface area contributed by atoms with Crippen LogP contribution in [0.4, 0.5) is 0 Å². The van der Waals surface area contributed by atoms with Crippen LogP contribution in [0.1, 0.15) is 17.2 Å². The fourth-order valence-corrected chi connectivity index (χ4v) is 2.76. The van der Waals surface area contributed by atoms with E-state index in [1.165, 1.54) is 5.56 Å². The molecule has 20 heavy (non-hydrogen) atoms. The Morgan fingerprint density at radius 3 is 2.85 bits per heavy atom. The van der Waals surface area contributed by atoms with Crippen LogP contribution in [0.3, 0.4) is 0 Å². The predicted octanol–water partition coefficient (Wildman–Crippen LogP) is 3.35. The summed E-state index contributed by atoms with van der Waals surface area (Å²) in [7, 11) is 1.63. The quantitative estimate of drug-likeness (QED) is 0.942. The highest BCUT2D eigenvalue weighted by molar-refractivity contribution is 6.30. The molecule has 1 aliphatic rings. The first-order valence-electron chi connectivity index (χ1n) is 6.52. The topological polar surface area (TPSA) is 44.5 Å². The summed E-state index contributed by atoms with van der Waals surface area (Å²) in [6.07, 6.45) is 0.701. The van der Waals surface area contributed by atoms with Gasteiger partial charge in [-0.05, 0) is 29.8 Å². The third kappa shape index (κ3) is 2.35. The molecule has 0 amide bonds. The van der Waals surface area contributed by atoms with Crippen LogP contribution >= 0.6 is 11.6 Å². The minimum atomic E-state index is -0.281. The minimum absolute atomic E-state index is 0.0974. The highest BCUT2D eigenvalue weighted by atomic mass is 35.5. The van der Waals surface area contributed by atoms with Crippen molar-refractivity contribution in [3.05, 3.63) is 58.6 Å². The molecule has 1 aliphatic heterocycles. The van der Waals surface area contributed by atoms with Crippen molar-refractivity contribution in [2.75, 3.05) is 7.11 Å². The van der Waals surface area contributed by atoms with E-state index >= 15 is 0 Å². The van der Waals surface area contributed by atoms with Gasteiger partial charge in [0.2, 0.25) is 0 Å². The lowest BCUT2D eigenvalue weighted by Crippen LogP contribution is -2.30. The SMILES string of the molecule is COc1ccc(Cl)cc1C(N)C1Cc2ccccc2O1. The van der Waals surface area contributed by atoms with Gasteiger partial charge in [0.1, 0.15) is 17.6 Å². The molecule has 0 spiro atoms. The summed E-state index contributed by atoms with van der Waals surface area (Å²) in [5.41, 5.74) is 8.42. The third-order valence-electron chi connectivity index (χ3n) is 3.62. The fourth-order valence-electron chi connectivity index (χ4n) is 2.58. The first-order valence-corrected chi connectivity index (χ1v) is 6.90. The highest BCUT2D eigenvalue weighted by Crippen LogP contribution is 2.36. The number of hydrogen-bond acceptors (Lipinski definition) is 3. The molecule has 104 valence electrons. The van der Waals surface area contributed by atoms with E-state index in [0.29, 0.717) is 5.02 Å². The lowest BCUT2D eigenvalue weighted by Gasteiger charge is -2.21. The van der Waals surface area contributed by atoms with Gasteiger partial charge in [0.05, 0.1) is 13.2 Å². The van der Waals surface area contributed by atoms with E-state index in [1.807, 2.05) is 30.3 Å². The van der Waals surface area contributed by atoms with Gasteiger partial charge in [-0.25, -0.2) is 0 Å². The molecule has 2 aromatic rings. The van der Waals surface area contributed by atoms with Gasteiger partial charge >= 0.3 is 0 Å². The number of halogens is 1. The molecule has 4 heteroatoms. The number of nitrogens with two attached hydrogens (primary N) is 1. The Morgan fingerprint density at radius 1 is 1.30 bits per heavy atom. The first kappa shape index (κ1) is 13.3. The van der Waals surface area contributed by atoms with Gasteiger partial charge in [-0.1, -0.05) is 29.8 Å². The van der Waals surface area contributed by atoms with Gasteiger partial charge in [-0.3, -0.25) is 0 Å². The van der Waals surface area contributed by atoms with Gasteiger partial charge in [0, 0.05) is 17.0 Å². The molecule has 1 heterocycles. The van der Waals surface area contributed by atoms with E-state index in [1.54, 1.807) is 13.2 Å². The van der Waals surface area contributed by atoms with E-state index in [-0.39, 0.29) is 12.1 Å². The first-order chi connectivity index (χ1) is 9.69. The van der Waals surface area contributed by atoms with Gasteiger partial charge in [0.15, 0.2) is 0 Å². The summed E-state index contributed by atoms with van der Waals surface area (Å²) >= 11 is 6.06. The summed E-state index contributed by atoms with van der Waals surface area (Å²) in [6, 6.07) is 13.2. The molecular weight excluding hydrogens is 274 g/mol. The average molecular weight is 290 g/mol. The lowest BCUT2D eigenvalue weighted by molar-refractivity contribution is 0.197. The van der Waals surface area contributed by atoms with E-state index < -0.39 is 0 Å². The Kier molecular flexibility index (Phi) is 3.55. The molecule has 3 rings (SSSR count). The van der Waals surface area contributed by atoms with Crippen molar-refractivity contribution in [1.82, 2.24) is 0 Å². The average Bonchev–Trinajstić information content (AvgIpc) is 2.90. The molecule has 0 saturated carbocycles. The monoisotopic (exact) mass is 289 g/mol. The van der Waals surface area contributed by atoms with E-state index in [2.05, 4.69) is 6.07 Å². The largest absolute Gasteiger partial charge is 0.496 e. The molecule has 0 fully saturated rings. The minimum Gasteiger partial charge on any atom is -0.496 e. The molecule has 2 aromatic carbocycles. The van der Waals surface area contributed by atoms with Crippen LogP contribution in [0, 0.1) is 0 Å². The summed E-state index contributed by atoms with van der Waals surface area (Å²) in [5, 5.41) is 0.645. The number of methoxy groups -OCH3 is 1. The van der Waals surface area contributed by atoms with Gasteiger partial charge in [-0.15, -0.1) is 0 Å². The summed E-state index contributed by atoms with van der Waals surface area (Å²) in [5.74, 6) is 1.65. The van der Waals surface area contributed by atoms with Crippen molar-refractivity contribution in [3.63, 3.8) is 0 Å². The maximum Gasteiger partial charge on any atom is 0.123 e. The van der Waals surface area contributed by atoms with Gasteiger partial charge in [-0.2, -0.15) is 0 Å². The Bertz CT molecular complexity index is 605. The second-order valence-corrected chi connectivity index (χ2v) is 5.32. The Labute approximate surface area is 123 Å². The molecule has 2 N–H and O–H groups in total. The second-order valence-electron chi connectivity index (χ2n) is 4.88. The number of ether oxygens (including phenoxy) is 2. The van der Waals surface area contributed by atoms with Crippen LogP contribution in [0.25, 0.3) is 0 Å². The molecule has 0 bridgehead atoms. The summed E-state index contributed by atoms with van der Waals surface area (Å²) in [4.78, 5) is 0. The van der Waals surface area contributed by atoms with Crippen molar-refractivity contribution in [2.45, 2.75) is 18.6 Å². The highest BCUT2D eigenvalue weighted by Gasteiger charge is 2.30. The summed E-state index contributed by atoms with van der Waals surface area (Å²) in [6.45, 7) is 0. The maximum absolute atomic E-state index is 6.36. The van der Waals surface area contributed by atoms with E-state index in [9.17, 15) is 0 Å². The molecule has 0 aliphatic carbocycles. The molecule has 0 saturated heterocycles. The predicted molar refractivity (Wildman–Crippen MR) is 79.5 cm³/mol. The zero-order valence-electron chi connectivity index (χ0n) is 11.2. The normalized spacial score (nSPS) is 18.2. The Morgan fingerprint density at radius 2 is 2.10 bits per heavy atom. The zero-order valence-corrected chi connectivity index (χ0v) is 11.9. The number of para-hydroxylation sites is 1. The van der Waals surface area contributed by atoms with Crippen molar-refractivity contribution < 1.29 is 9.47 Å². The van der Waals surface area contributed by atoms with Crippen LogP contribution in [0.5, 0.6) is 11.5 Å². The summed E-state index contributed by atoms with van der Waals surface area (Å²) < 4.78 is 11.3. The molecule has 0 aromatic heterocycles. The Balaban J connectivity index is 1.88. The molecule has 3 nitrogen and oxygen atoms in total.